The van der Waals surface area contributed by atoms with E-state index in [9.17, 15) is 43.2 Å². The molecule has 0 saturated carbocycles. The molecule has 0 aliphatic rings. The Morgan fingerprint density at radius 3 is 0.890 bits per heavy atom. The number of unbranched alkanes of at least 4 members (excludes halogenated alkanes) is 30. The third-order valence-corrected chi connectivity index (χ3v) is 18.2. The molecule has 3 N–H and O–H groups in total. The van der Waals surface area contributed by atoms with Crippen LogP contribution in [0.3, 0.4) is 0 Å². The highest BCUT2D eigenvalue weighted by Crippen LogP contribution is 2.45. The van der Waals surface area contributed by atoms with E-state index in [1.54, 1.807) is 6.08 Å². The minimum atomic E-state index is -4.99. The van der Waals surface area contributed by atoms with E-state index in [1.807, 2.05) is 18.2 Å². The highest BCUT2D eigenvalue weighted by atomic mass is 31.2. The van der Waals surface area contributed by atoms with Crippen LogP contribution in [0.1, 0.15) is 323 Å². The third kappa shape index (κ3) is 72.1. The molecule has 5 atom stereocenters. The van der Waals surface area contributed by atoms with Crippen molar-refractivity contribution in [2.45, 2.75) is 341 Å². The number of rotatable bonds is 73. The predicted octanol–water partition coefficient (Wildman–Crippen LogP) is 22.6. The van der Waals surface area contributed by atoms with Gasteiger partial charge in [-0.25, -0.2) is 9.13 Å². The second-order valence-electron chi connectivity index (χ2n) is 25.9. The zero-order valence-corrected chi connectivity index (χ0v) is 64.6. The van der Waals surface area contributed by atoms with Gasteiger partial charge in [0.25, 0.3) is 0 Å². The number of esters is 4. The fourth-order valence-electron chi connectivity index (χ4n) is 10.4. The van der Waals surface area contributed by atoms with Gasteiger partial charge < -0.3 is 33.8 Å². The van der Waals surface area contributed by atoms with Crippen LogP contribution in [-0.4, -0.2) is 96.7 Å². The molecule has 0 amide bonds. The second kappa shape index (κ2) is 73.0. The number of phosphoric acid groups is 2. The molecule has 0 aliphatic heterocycles. The van der Waals surface area contributed by atoms with Crippen LogP contribution >= 0.6 is 15.6 Å². The normalized spacial score (nSPS) is 14.5. The quantitative estimate of drug-likeness (QED) is 0.0169. The molecule has 0 aromatic carbocycles. The van der Waals surface area contributed by atoms with Crippen LogP contribution < -0.4 is 0 Å². The number of phosphoric ester groups is 2. The number of aliphatic hydroxyl groups excluding tert-OH is 1. The largest absolute Gasteiger partial charge is 0.472 e. The molecule has 0 aliphatic carbocycles. The maximum absolute atomic E-state index is 13.1. The van der Waals surface area contributed by atoms with Gasteiger partial charge in [-0.1, -0.05) is 317 Å². The lowest BCUT2D eigenvalue weighted by molar-refractivity contribution is -0.161. The Kier molecular flexibility index (Phi) is 69.9. The van der Waals surface area contributed by atoms with E-state index >= 15 is 0 Å². The van der Waals surface area contributed by atoms with Crippen molar-refractivity contribution in [3.05, 3.63) is 109 Å². The molecule has 0 heterocycles. The first-order chi connectivity index (χ1) is 48.7. The van der Waals surface area contributed by atoms with Gasteiger partial charge in [-0.15, -0.1) is 0 Å². The molecule has 0 saturated heterocycles. The molecule has 0 aromatic rings. The van der Waals surface area contributed by atoms with Gasteiger partial charge in [-0.2, -0.15) is 0 Å². The van der Waals surface area contributed by atoms with Crippen molar-refractivity contribution in [1.82, 2.24) is 0 Å². The molecule has 576 valence electrons. The number of hydrogen-bond donors (Lipinski definition) is 3. The number of allylic oxidation sites excluding steroid dienone is 17. The summed E-state index contributed by atoms with van der Waals surface area (Å²) in [7, 11) is -9.97. The van der Waals surface area contributed by atoms with Gasteiger partial charge in [0.05, 0.1) is 32.8 Å². The Balaban J connectivity index is 5.36. The van der Waals surface area contributed by atoms with E-state index in [4.69, 9.17) is 37.0 Å². The Hall–Kier alpha value is -4.28. The average molecular weight is 1450 g/mol. The maximum atomic E-state index is 13.1. The van der Waals surface area contributed by atoms with E-state index in [-0.39, 0.29) is 25.7 Å². The summed E-state index contributed by atoms with van der Waals surface area (Å²) in [4.78, 5) is 72.8. The summed E-state index contributed by atoms with van der Waals surface area (Å²) < 4.78 is 68.4. The lowest BCUT2D eigenvalue weighted by Gasteiger charge is -2.21. The first-order valence-electron chi connectivity index (χ1n) is 39.1. The average Bonchev–Trinajstić information content (AvgIpc) is 0.966. The number of carbonyl (C=O) groups is 4. The van der Waals surface area contributed by atoms with Crippen molar-refractivity contribution in [1.29, 1.82) is 0 Å². The summed E-state index contributed by atoms with van der Waals surface area (Å²) in [6, 6.07) is 0. The minimum absolute atomic E-state index is 0.0688. The second-order valence-corrected chi connectivity index (χ2v) is 28.8. The maximum Gasteiger partial charge on any atom is 0.472 e. The Morgan fingerprint density at radius 1 is 0.300 bits per heavy atom. The van der Waals surface area contributed by atoms with Gasteiger partial charge in [0, 0.05) is 19.3 Å². The molecule has 17 nitrogen and oxygen atoms in total. The molecule has 100 heavy (non-hydrogen) atoms. The minimum Gasteiger partial charge on any atom is -0.462 e. The van der Waals surface area contributed by atoms with E-state index < -0.39 is 97.5 Å². The SMILES string of the molecule is CC/C=C\C/C=C\C/C=C\C/C=C\C/C=C\CC(=O)OCC(COP(=O)(O)OCC(O)COP(=O)(O)OCC(COC(=O)CCCCCCCC/C=C\C/C=C\C/C=C\C/C=C\CC)OC(=O)CCCCCCCCCCCCC)OC(=O)CCCCCCCCCCCCCCCCC. The Bertz CT molecular complexity index is 2320. The number of ether oxygens (including phenoxy) is 4. The molecule has 0 spiro atoms. The Morgan fingerprint density at radius 2 is 0.560 bits per heavy atom. The first kappa shape index (κ1) is 95.7. The summed E-state index contributed by atoms with van der Waals surface area (Å²) in [6.07, 6.45) is 78.2. The lowest BCUT2D eigenvalue weighted by Crippen LogP contribution is -2.30. The summed E-state index contributed by atoms with van der Waals surface area (Å²) in [5.74, 6) is -2.32. The van der Waals surface area contributed by atoms with Crippen LogP contribution in [-0.2, 0) is 65.4 Å². The molecule has 0 bridgehead atoms. The highest BCUT2D eigenvalue weighted by Gasteiger charge is 2.30. The molecule has 0 fully saturated rings. The Labute approximate surface area is 607 Å². The molecule has 0 radical (unpaired) electrons. The van der Waals surface area contributed by atoms with Crippen LogP contribution in [0.5, 0.6) is 0 Å². The van der Waals surface area contributed by atoms with Gasteiger partial charge in [-0.3, -0.25) is 37.3 Å². The zero-order valence-electron chi connectivity index (χ0n) is 62.8. The molecular formula is C81H140O17P2. The van der Waals surface area contributed by atoms with Crippen LogP contribution in [0.4, 0.5) is 0 Å². The van der Waals surface area contributed by atoms with Crippen LogP contribution in [0.2, 0.25) is 0 Å². The lowest BCUT2D eigenvalue weighted by atomic mass is 10.0. The van der Waals surface area contributed by atoms with Gasteiger partial charge in [0.2, 0.25) is 0 Å². The fraction of sp³-hybridized carbons (Fsp3) is 0.728. The van der Waals surface area contributed by atoms with Crippen LogP contribution in [0, 0.1) is 0 Å². The molecule has 19 heteroatoms. The topological polar surface area (TPSA) is 237 Å². The van der Waals surface area contributed by atoms with Crippen molar-refractivity contribution in [2.75, 3.05) is 39.6 Å². The summed E-state index contributed by atoms with van der Waals surface area (Å²) in [6.45, 7) is 4.54. The monoisotopic (exact) mass is 1450 g/mol. The van der Waals surface area contributed by atoms with Crippen LogP contribution in [0.25, 0.3) is 0 Å². The van der Waals surface area contributed by atoms with E-state index in [0.717, 1.165) is 141 Å². The smallest absolute Gasteiger partial charge is 0.462 e. The zero-order chi connectivity index (χ0) is 73.2. The van der Waals surface area contributed by atoms with Crippen molar-refractivity contribution in [3.63, 3.8) is 0 Å². The third-order valence-electron chi connectivity index (χ3n) is 16.3. The van der Waals surface area contributed by atoms with Crippen molar-refractivity contribution in [3.8, 4) is 0 Å². The molecule has 0 rings (SSSR count). The van der Waals surface area contributed by atoms with Gasteiger partial charge in [-0.05, 0) is 89.9 Å². The van der Waals surface area contributed by atoms with Gasteiger partial charge >= 0.3 is 39.5 Å². The number of carbonyl (C=O) groups excluding carboxylic acids is 4. The number of aliphatic hydroxyl groups is 1. The van der Waals surface area contributed by atoms with E-state index in [1.165, 1.54) is 103 Å². The van der Waals surface area contributed by atoms with Gasteiger partial charge in [0.1, 0.15) is 19.3 Å². The van der Waals surface area contributed by atoms with Crippen molar-refractivity contribution in [2.24, 2.45) is 0 Å². The van der Waals surface area contributed by atoms with Crippen molar-refractivity contribution >= 4 is 39.5 Å². The number of hydrogen-bond acceptors (Lipinski definition) is 15. The fourth-order valence-corrected chi connectivity index (χ4v) is 12.0. The standard InChI is InChI=1S/C81H140O17P2/c1-5-9-13-17-21-25-29-32-35-36-37-38-41-43-47-50-54-58-62-66-79(84)91-71-76(97-80(85)67-63-59-55-51-45-28-24-20-16-12-8-4)73-95-99(87,88)93-69-75(82)70-94-100(89,90)96-74-77(98-81(86)68-64-60-56-52-48-44-40-34-31-27-23-19-15-11-7-3)72-92-78(83)65-61-57-53-49-46-42-39-33-30-26-22-18-14-10-6-2/h9-10,13-14,21-22,25-26,32-33,35,37-39,46,49,57,61,75-77,82H,5-8,11-12,15-20,23-24,27-31,34,36,40-45,47-48,50-56,58-60,62-74H2,1-4H3,(H,87,88)(H,89,90)/b13-9-,14-10-,25-21-,26-22-,35-32-,38-37-,39-33-,49-46-,61-57-. The summed E-state index contributed by atoms with van der Waals surface area (Å²) in [5, 5.41) is 10.6. The molecular weight excluding hydrogens is 1310 g/mol. The summed E-state index contributed by atoms with van der Waals surface area (Å²) in [5.41, 5.74) is 0. The molecule has 0 aromatic heterocycles. The predicted molar refractivity (Wildman–Crippen MR) is 408 cm³/mol. The van der Waals surface area contributed by atoms with Crippen LogP contribution in [0.15, 0.2) is 109 Å². The molecule has 5 unspecified atom stereocenters. The summed E-state index contributed by atoms with van der Waals surface area (Å²) >= 11 is 0. The van der Waals surface area contributed by atoms with Gasteiger partial charge in [0.15, 0.2) is 12.2 Å². The van der Waals surface area contributed by atoms with E-state index in [0.29, 0.717) is 25.7 Å². The first-order valence-corrected chi connectivity index (χ1v) is 42.1. The van der Waals surface area contributed by atoms with Crippen molar-refractivity contribution < 1.29 is 80.2 Å². The highest BCUT2D eigenvalue weighted by molar-refractivity contribution is 7.47. The van der Waals surface area contributed by atoms with E-state index in [2.05, 4.69) is 113 Å².